The first-order valence-corrected chi connectivity index (χ1v) is 18.1. The number of aryl methyl sites for hydroxylation is 1. The summed E-state index contributed by atoms with van der Waals surface area (Å²) in [6, 6.07) is 17.1. The summed E-state index contributed by atoms with van der Waals surface area (Å²) in [6.45, 7) is 6.80. The highest BCUT2D eigenvalue weighted by molar-refractivity contribution is 7.99. The van der Waals surface area contributed by atoms with Crippen molar-refractivity contribution in [1.29, 1.82) is 0 Å². The molecule has 2 aliphatic rings. The number of amides is 3. The lowest BCUT2D eigenvalue weighted by molar-refractivity contribution is -0.120. The first kappa shape index (κ1) is 37.1. The number of nitrogens with zero attached hydrogens (tertiary/aromatic N) is 4. The number of hydrogen-bond acceptors (Lipinski definition) is 9. The van der Waals surface area contributed by atoms with Gasteiger partial charge in [0.2, 0.25) is 11.8 Å². The number of anilines is 1. The Morgan fingerprint density at radius 1 is 1.08 bits per heavy atom. The van der Waals surface area contributed by atoms with Gasteiger partial charge in [0.1, 0.15) is 18.2 Å². The van der Waals surface area contributed by atoms with Crippen LogP contribution >= 0.6 is 23.4 Å². The lowest BCUT2D eigenvalue weighted by atomic mass is 10.1. The number of piperidine rings is 1. The second kappa shape index (κ2) is 15.1. The quantitative estimate of drug-likeness (QED) is 0.198. The number of ether oxygens (including phenoxy) is 2. The molecule has 0 radical (unpaired) electrons. The predicted octanol–water partition coefficient (Wildman–Crippen LogP) is 8.27. The number of alkyl carbamates (subject to hydrolysis) is 1. The monoisotopic (exact) mass is 753 g/mol. The van der Waals surface area contributed by atoms with Gasteiger partial charge in [-0.05, 0) is 87.2 Å². The van der Waals surface area contributed by atoms with Gasteiger partial charge in [-0.3, -0.25) is 4.79 Å². The maximum absolute atomic E-state index is 14.1. The second-order valence-corrected chi connectivity index (χ2v) is 15.2. The Hall–Kier alpha value is -4.69. The molecule has 3 aromatic carbocycles. The minimum atomic E-state index is -2.92. The molecule has 0 saturated carbocycles. The fourth-order valence-electron chi connectivity index (χ4n) is 5.87. The number of likely N-dealkylation sites (tertiary alicyclic amines) is 1. The summed E-state index contributed by atoms with van der Waals surface area (Å²) in [5, 5.41) is 11.9. The van der Waals surface area contributed by atoms with Crippen molar-refractivity contribution in [3.05, 3.63) is 82.4 Å². The Bertz CT molecular complexity index is 1970. The van der Waals surface area contributed by atoms with E-state index < -0.39 is 36.3 Å². The molecule has 11 nitrogen and oxygen atoms in total. The molecular formula is C37H38ClF2N5O6S. The molecule has 0 bridgehead atoms. The lowest BCUT2D eigenvalue weighted by Crippen LogP contribution is -2.50. The molecule has 2 aliphatic heterocycles. The molecule has 15 heteroatoms. The molecule has 1 fully saturated rings. The van der Waals surface area contributed by atoms with Gasteiger partial charge in [0, 0.05) is 39.8 Å². The van der Waals surface area contributed by atoms with E-state index in [-0.39, 0.29) is 56.0 Å². The van der Waals surface area contributed by atoms with Crippen molar-refractivity contribution in [3.8, 4) is 22.9 Å². The van der Waals surface area contributed by atoms with Crippen LogP contribution in [0.4, 0.5) is 24.1 Å². The first-order chi connectivity index (χ1) is 24.6. The molecule has 0 unspecified atom stereocenters. The van der Waals surface area contributed by atoms with Gasteiger partial charge >= 0.3 is 12.2 Å². The van der Waals surface area contributed by atoms with E-state index in [2.05, 4.69) is 15.5 Å². The third-order valence-electron chi connectivity index (χ3n) is 8.35. The highest BCUT2D eigenvalue weighted by Crippen LogP contribution is 2.40. The Morgan fingerprint density at radius 3 is 2.56 bits per heavy atom. The normalized spacial score (nSPS) is 17.3. The largest absolute Gasteiger partial charge is 0.445 e. The summed E-state index contributed by atoms with van der Waals surface area (Å²) in [6.07, 6.45) is -1.52. The Kier molecular flexibility index (Phi) is 10.8. The van der Waals surface area contributed by atoms with Crippen LogP contribution in [0.25, 0.3) is 22.9 Å². The number of alkyl halides is 2. The molecule has 1 N–H and O–H groups in total. The number of benzene rings is 3. The first-order valence-electron chi connectivity index (χ1n) is 16.7. The van der Waals surface area contributed by atoms with E-state index in [1.54, 1.807) is 62.1 Å². The Balaban J connectivity index is 1.24. The molecule has 52 heavy (non-hydrogen) atoms. The zero-order valence-corrected chi connectivity index (χ0v) is 30.7. The van der Waals surface area contributed by atoms with Crippen LogP contribution in [0.15, 0.2) is 70.0 Å². The highest BCUT2D eigenvalue weighted by Gasteiger charge is 2.38. The minimum absolute atomic E-state index is 0.126. The number of aromatic nitrogens is 2. The van der Waals surface area contributed by atoms with Gasteiger partial charge in [0.25, 0.3) is 11.8 Å². The number of nitrogens with one attached hydrogen (secondary N) is 1. The lowest BCUT2D eigenvalue weighted by Gasteiger charge is -2.31. The standard InChI is InChI=1S/C37H38ClF2N5O6S/c1-22-15-30-29(45(18-23-9-11-26(38)12-10-23)33(46)28(20-52-30)41-34(47)51-36(2,3)4)17-27(22)32-43-42-31(50-32)25-8-5-7-24(16-25)19-49-35(48)44-14-6-13-37(39,40)21-44/h5,7-12,15-17,28H,6,13-14,18-21H2,1-4H3,(H,41,47)/t28-/m0/s1. The highest BCUT2D eigenvalue weighted by atomic mass is 35.5. The number of carbonyl (C=O) groups is 3. The molecule has 0 spiro atoms. The molecule has 1 saturated heterocycles. The van der Waals surface area contributed by atoms with E-state index in [0.29, 0.717) is 27.4 Å². The van der Waals surface area contributed by atoms with Gasteiger partial charge in [0.05, 0.1) is 18.8 Å². The smallest absolute Gasteiger partial charge is 0.410 e. The molecule has 3 amide bonds. The van der Waals surface area contributed by atoms with Crippen LogP contribution in [-0.4, -0.2) is 69.6 Å². The van der Waals surface area contributed by atoms with E-state index in [1.165, 1.54) is 11.8 Å². The molecule has 4 aromatic rings. The third-order valence-corrected chi connectivity index (χ3v) is 9.74. The van der Waals surface area contributed by atoms with Crippen LogP contribution in [0.5, 0.6) is 0 Å². The van der Waals surface area contributed by atoms with Crippen LogP contribution in [-0.2, 0) is 27.4 Å². The number of thioether (sulfide) groups is 1. The van der Waals surface area contributed by atoms with Crippen molar-refractivity contribution in [3.63, 3.8) is 0 Å². The molecule has 0 aliphatic carbocycles. The van der Waals surface area contributed by atoms with Gasteiger partial charge in [0.15, 0.2) is 0 Å². The van der Waals surface area contributed by atoms with Crippen LogP contribution in [0.1, 0.15) is 50.3 Å². The number of halogens is 3. The summed E-state index contributed by atoms with van der Waals surface area (Å²) < 4.78 is 44.5. The van der Waals surface area contributed by atoms with Crippen molar-refractivity contribution in [2.45, 2.75) is 76.1 Å². The second-order valence-electron chi connectivity index (χ2n) is 13.7. The average Bonchev–Trinajstić information content (AvgIpc) is 3.54. The Labute approximate surface area is 309 Å². The minimum Gasteiger partial charge on any atom is -0.445 e. The maximum Gasteiger partial charge on any atom is 0.410 e. The van der Waals surface area contributed by atoms with E-state index in [0.717, 1.165) is 20.9 Å². The van der Waals surface area contributed by atoms with E-state index in [1.807, 2.05) is 31.2 Å². The van der Waals surface area contributed by atoms with Crippen molar-refractivity contribution >= 4 is 47.1 Å². The van der Waals surface area contributed by atoms with Crippen molar-refractivity contribution in [2.75, 3.05) is 23.7 Å². The SMILES string of the molecule is Cc1cc2c(cc1-c1nnc(-c3cccc(COC(=O)N4CCCC(F)(F)C4)c3)o1)N(Cc1ccc(Cl)cc1)C(=O)[C@@H](NC(=O)OC(C)(C)C)CS2. The van der Waals surface area contributed by atoms with Gasteiger partial charge < -0.3 is 29.0 Å². The van der Waals surface area contributed by atoms with Crippen LogP contribution in [0.3, 0.4) is 0 Å². The molecular weight excluding hydrogens is 716 g/mol. The number of rotatable bonds is 7. The Morgan fingerprint density at radius 2 is 1.83 bits per heavy atom. The summed E-state index contributed by atoms with van der Waals surface area (Å²) in [7, 11) is 0. The summed E-state index contributed by atoms with van der Waals surface area (Å²) in [5.74, 6) is -2.54. The number of fused-ring (bicyclic) bond motifs is 1. The molecule has 1 atom stereocenters. The van der Waals surface area contributed by atoms with Crippen LogP contribution in [0.2, 0.25) is 5.02 Å². The topological polar surface area (TPSA) is 127 Å². The fraction of sp³-hybridized carbons (Fsp3) is 0.378. The molecule has 3 heterocycles. The van der Waals surface area contributed by atoms with Gasteiger partial charge in [-0.1, -0.05) is 35.9 Å². The van der Waals surface area contributed by atoms with Crippen molar-refractivity contribution in [1.82, 2.24) is 20.4 Å². The van der Waals surface area contributed by atoms with E-state index >= 15 is 0 Å². The van der Waals surface area contributed by atoms with Gasteiger partial charge in [-0.25, -0.2) is 18.4 Å². The predicted molar refractivity (Wildman–Crippen MR) is 192 cm³/mol. The molecule has 274 valence electrons. The summed E-state index contributed by atoms with van der Waals surface area (Å²) in [4.78, 5) is 42.8. The van der Waals surface area contributed by atoms with Crippen LogP contribution in [0, 0.1) is 6.92 Å². The zero-order chi connectivity index (χ0) is 37.2. The average molecular weight is 754 g/mol. The number of carbonyl (C=O) groups excluding carboxylic acids is 3. The van der Waals surface area contributed by atoms with Gasteiger partial charge in [-0.15, -0.1) is 22.0 Å². The maximum atomic E-state index is 14.1. The van der Waals surface area contributed by atoms with Crippen LogP contribution < -0.4 is 10.2 Å². The summed E-state index contributed by atoms with van der Waals surface area (Å²) in [5.41, 5.74) is 3.29. The fourth-order valence-corrected chi connectivity index (χ4v) is 7.14. The van der Waals surface area contributed by atoms with E-state index in [4.69, 9.17) is 25.5 Å². The van der Waals surface area contributed by atoms with Gasteiger partial charge in [-0.2, -0.15) is 0 Å². The number of hydrogen-bond donors (Lipinski definition) is 1. The van der Waals surface area contributed by atoms with E-state index in [9.17, 15) is 23.2 Å². The van der Waals surface area contributed by atoms with Crippen molar-refractivity contribution in [2.24, 2.45) is 0 Å². The summed E-state index contributed by atoms with van der Waals surface area (Å²) >= 11 is 7.58. The third kappa shape index (κ3) is 9.02. The zero-order valence-electron chi connectivity index (χ0n) is 29.1. The molecule has 1 aromatic heterocycles. The molecule has 6 rings (SSSR count). The van der Waals surface area contributed by atoms with Crippen molar-refractivity contribution < 1.29 is 37.1 Å².